The van der Waals surface area contributed by atoms with Crippen LogP contribution in [0.25, 0.3) is 0 Å². The van der Waals surface area contributed by atoms with Crippen molar-refractivity contribution in [3.63, 3.8) is 0 Å². The van der Waals surface area contributed by atoms with E-state index in [0.29, 0.717) is 0 Å². The Morgan fingerprint density at radius 1 is 1.39 bits per heavy atom. The molecule has 0 saturated heterocycles. The van der Waals surface area contributed by atoms with Gasteiger partial charge in [0.2, 0.25) is 0 Å². The van der Waals surface area contributed by atoms with E-state index < -0.39 is 23.8 Å². The number of carbonyl (C=O) groups is 1. The van der Waals surface area contributed by atoms with Gasteiger partial charge in [-0.15, -0.1) is 6.58 Å². The lowest BCUT2D eigenvalue weighted by molar-refractivity contribution is -0.139. The van der Waals surface area contributed by atoms with E-state index in [0.717, 1.165) is 24.3 Å². The molecule has 0 aliphatic rings. The zero-order valence-corrected chi connectivity index (χ0v) is 9.37. The van der Waals surface area contributed by atoms with Gasteiger partial charge in [0.05, 0.1) is 5.56 Å². The maximum atomic E-state index is 12.3. The second kappa shape index (κ2) is 5.68. The van der Waals surface area contributed by atoms with Gasteiger partial charge in [-0.05, 0) is 17.7 Å². The zero-order chi connectivity index (χ0) is 13.8. The van der Waals surface area contributed by atoms with Crippen LogP contribution in [-0.2, 0) is 11.0 Å². The van der Waals surface area contributed by atoms with Crippen LogP contribution >= 0.6 is 0 Å². The Labute approximate surface area is 102 Å². The summed E-state index contributed by atoms with van der Waals surface area (Å²) in [4.78, 5) is 11.0. The number of hydrogen-bond donors (Lipinski definition) is 2. The van der Waals surface area contributed by atoms with Gasteiger partial charge in [-0.2, -0.15) is 13.2 Å². The molecule has 0 spiro atoms. The van der Waals surface area contributed by atoms with E-state index in [1.807, 2.05) is 0 Å². The van der Waals surface area contributed by atoms with Gasteiger partial charge in [-0.25, -0.2) is 0 Å². The molecule has 6 heteroatoms. The van der Waals surface area contributed by atoms with Crippen LogP contribution in [0.15, 0.2) is 36.9 Å². The SMILES string of the molecule is C=CCNC(C(=O)O)c1ccc(C(F)(F)F)cc1. The predicted molar refractivity (Wildman–Crippen MR) is 60.0 cm³/mol. The summed E-state index contributed by atoms with van der Waals surface area (Å²) in [6, 6.07) is 2.97. The fraction of sp³-hybridized carbons (Fsp3) is 0.250. The predicted octanol–water partition coefficient (Wildman–Crippen LogP) is 2.61. The van der Waals surface area contributed by atoms with E-state index in [-0.39, 0.29) is 12.1 Å². The second-order valence-corrected chi connectivity index (χ2v) is 3.59. The first-order valence-electron chi connectivity index (χ1n) is 5.10. The zero-order valence-electron chi connectivity index (χ0n) is 9.37. The minimum atomic E-state index is -4.42. The highest BCUT2D eigenvalue weighted by molar-refractivity contribution is 5.75. The molecule has 0 aliphatic carbocycles. The number of carboxylic acids is 1. The number of rotatable bonds is 5. The number of nitrogens with one attached hydrogen (secondary N) is 1. The van der Waals surface area contributed by atoms with Crippen molar-refractivity contribution in [2.45, 2.75) is 12.2 Å². The normalized spacial score (nSPS) is 13.1. The number of hydrogen-bond acceptors (Lipinski definition) is 2. The molecule has 2 N–H and O–H groups in total. The number of halogens is 3. The standard InChI is InChI=1S/C12H12F3NO2/c1-2-7-16-10(11(17)18)8-3-5-9(6-4-8)12(13,14)15/h2-6,10,16H,1,7H2,(H,17,18). The van der Waals surface area contributed by atoms with Crippen LogP contribution in [0.5, 0.6) is 0 Å². The van der Waals surface area contributed by atoms with Crippen molar-refractivity contribution in [1.29, 1.82) is 0 Å². The summed E-state index contributed by atoms with van der Waals surface area (Å²) in [5, 5.41) is 11.6. The van der Waals surface area contributed by atoms with Crippen molar-refractivity contribution in [2.75, 3.05) is 6.54 Å². The maximum Gasteiger partial charge on any atom is 0.416 e. The Balaban J connectivity index is 2.93. The van der Waals surface area contributed by atoms with Crippen LogP contribution in [0, 0.1) is 0 Å². The quantitative estimate of drug-likeness (QED) is 0.799. The molecule has 0 aromatic heterocycles. The van der Waals surface area contributed by atoms with Crippen LogP contribution in [0.1, 0.15) is 17.2 Å². The summed E-state index contributed by atoms with van der Waals surface area (Å²) in [5.41, 5.74) is -0.545. The molecule has 1 atom stereocenters. The lowest BCUT2D eigenvalue weighted by Crippen LogP contribution is -2.28. The summed E-state index contributed by atoms with van der Waals surface area (Å²) in [6.07, 6.45) is -2.95. The summed E-state index contributed by atoms with van der Waals surface area (Å²) in [5.74, 6) is -1.16. The Morgan fingerprint density at radius 2 is 1.94 bits per heavy atom. The van der Waals surface area contributed by atoms with Gasteiger partial charge in [0.15, 0.2) is 0 Å². The van der Waals surface area contributed by atoms with Crippen molar-refractivity contribution >= 4 is 5.97 Å². The molecule has 3 nitrogen and oxygen atoms in total. The lowest BCUT2D eigenvalue weighted by atomic mass is 10.0. The lowest BCUT2D eigenvalue weighted by Gasteiger charge is -2.14. The fourth-order valence-electron chi connectivity index (χ4n) is 1.41. The topological polar surface area (TPSA) is 49.3 Å². The first kappa shape index (κ1) is 14.2. The third kappa shape index (κ3) is 3.59. The Kier molecular flexibility index (Phi) is 4.49. The molecule has 0 radical (unpaired) electrons. The largest absolute Gasteiger partial charge is 0.480 e. The third-order valence-corrected chi connectivity index (χ3v) is 2.28. The summed E-state index contributed by atoms with van der Waals surface area (Å²) >= 11 is 0. The molecule has 1 aromatic rings. The van der Waals surface area contributed by atoms with Gasteiger partial charge in [0, 0.05) is 6.54 Å². The number of alkyl halides is 3. The van der Waals surface area contributed by atoms with Crippen LogP contribution in [0.3, 0.4) is 0 Å². The van der Waals surface area contributed by atoms with E-state index in [9.17, 15) is 18.0 Å². The van der Waals surface area contributed by atoms with Crippen molar-refractivity contribution in [3.8, 4) is 0 Å². The summed E-state index contributed by atoms with van der Waals surface area (Å²) in [7, 11) is 0. The highest BCUT2D eigenvalue weighted by atomic mass is 19.4. The highest BCUT2D eigenvalue weighted by Crippen LogP contribution is 2.29. The van der Waals surface area contributed by atoms with Crippen LogP contribution < -0.4 is 5.32 Å². The van der Waals surface area contributed by atoms with Crippen LogP contribution in [0.4, 0.5) is 13.2 Å². The fourth-order valence-corrected chi connectivity index (χ4v) is 1.41. The summed E-state index contributed by atoms with van der Waals surface area (Å²) in [6.45, 7) is 3.68. The van der Waals surface area contributed by atoms with Gasteiger partial charge in [0.1, 0.15) is 6.04 Å². The average molecular weight is 259 g/mol. The van der Waals surface area contributed by atoms with Crippen molar-refractivity contribution in [2.24, 2.45) is 0 Å². The van der Waals surface area contributed by atoms with E-state index in [1.54, 1.807) is 0 Å². The smallest absolute Gasteiger partial charge is 0.416 e. The third-order valence-electron chi connectivity index (χ3n) is 2.28. The average Bonchev–Trinajstić information content (AvgIpc) is 2.28. The van der Waals surface area contributed by atoms with Crippen molar-refractivity contribution in [1.82, 2.24) is 5.32 Å². The molecular weight excluding hydrogens is 247 g/mol. The van der Waals surface area contributed by atoms with E-state index in [1.165, 1.54) is 6.08 Å². The van der Waals surface area contributed by atoms with E-state index in [4.69, 9.17) is 5.11 Å². The van der Waals surface area contributed by atoms with Gasteiger partial charge in [-0.1, -0.05) is 18.2 Å². The van der Waals surface area contributed by atoms with Crippen LogP contribution in [0.2, 0.25) is 0 Å². The number of aliphatic carboxylic acids is 1. The number of benzene rings is 1. The van der Waals surface area contributed by atoms with Gasteiger partial charge < -0.3 is 5.11 Å². The molecule has 0 aliphatic heterocycles. The Hall–Kier alpha value is -1.82. The first-order valence-corrected chi connectivity index (χ1v) is 5.10. The molecule has 0 heterocycles. The molecule has 0 amide bonds. The monoisotopic (exact) mass is 259 g/mol. The van der Waals surface area contributed by atoms with Gasteiger partial charge in [0.25, 0.3) is 0 Å². The minimum absolute atomic E-state index is 0.248. The molecule has 0 fully saturated rings. The van der Waals surface area contributed by atoms with Crippen molar-refractivity contribution < 1.29 is 23.1 Å². The van der Waals surface area contributed by atoms with Crippen LogP contribution in [-0.4, -0.2) is 17.6 Å². The minimum Gasteiger partial charge on any atom is -0.480 e. The highest BCUT2D eigenvalue weighted by Gasteiger charge is 2.30. The molecular formula is C12H12F3NO2. The van der Waals surface area contributed by atoms with Gasteiger partial charge in [-0.3, -0.25) is 10.1 Å². The van der Waals surface area contributed by atoms with E-state index in [2.05, 4.69) is 11.9 Å². The van der Waals surface area contributed by atoms with Crippen molar-refractivity contribution in [3.05, 3.63) is 48.0 Å². The second-order valence-electron chi connectivity index (χ2n) is 3.59. The van der Waals surface area contributed by atoms with Gasteiger partial charge >= 0.3 is 12.1 Å². The molecule has 1 rings (SSSR count). The molecule has 98 valence electrons. The molecule has 0 saturated carbocycles. The van der Waals surface area contributed by atoms with E-state index >= 15 is 0 Å². The molecule has 18 heavy (non-hydrogen) atoms. The summed E-state index contributed by atoms with van der Waals surface area (Å²) < 4.78 is 37.0. The molecule has 0 bridgehead atoms. The number of carboxylic acid groups (broad SMARTS) is 1. The molecule has 1 aromatic carbocycles. The molecule has 1 unspecified atom stereocenters. The Morgan fingerprint density at radius 3 is 2.33 bits per heavy atom. The maximum absolute atomic E-state index is 12.3. The Bertz CT molecular complexity index is 426. The first-order chi connectivity index (χ1) is 8.36.